The second-order valence-corrected chi connectivity index (χ2v) is 15.9. The Labute approximate surface area is 301 Å². The van der Waals surface area contributed by atoms with Crippen LogP contribution in [0.25, 0.3) is 38.6 Å². The predicted molar refractivity (Wildman–Crippen MR) is 214 cm³/mol. The fourth-order valence-electron chi connectivity index (χ4n) is 9.83. The lowest BCUT2D eigenvalue weighted by atomic mass is 9.75. The minimum absolute atomic E-state index is 0.0463. The molecule has 248 valence electrons. The van der Waals surface area contributed by atoms with Crippen LogP contribution in [0.3, 0.4) is 0 Å². The van der Waals surface area contributed by atoms with Gasteiger partial charge in [-0.25, -0.2) is 0 Å². The Balaban J connectivity index is 1.20. The van der Waals surface area contributed by atoms with Gasteiger partial charge in [-0.2, -0.15) is 0 Å². The van der Waals surface area contributed by atoms with Gasteiger partial charge in [0, 0.05) is 50.3 Å². The Morgan fingerprint density at radius 2 is 1.20 bits per heavy atom. The molecule has 2 unspecified atom stereocenters. The molecule has 0 N–H and O–H groups in total. The van der Waals surface area contributed by atoms with Crippen LogP contribution in [0.15, 0.2) is 163 Å². The molecule has 51 heavy (non-hydrogen) atoms. The van der Waals surface area contributed by atoms with Gasteiger partial charge in [-0.3, -0.25) is 0 Å². The molecular weight excluding hydrogens is 617 g/mol. The van der Waals surface area contributed by atoms with E-state index in [1.807, 2.05) is 0 Å². The maximum atomic E-state index is 2.53. The third-order valence-corrected chi connectivity index (χ3v) is 12.3. The molecule has 1 heterocycles. The highest BCUT2D eigenvalue weighted by Gasteiger charge is 2.45. The summed E-state index contributed by atoms with van der Waals surface area (Å²) in [7, 11) is 0. The van der Waals surface area contributed by atoms with Crippen LogP contribution < -0.4 is 4.90 Å². The van der Waals surface area contributed by atoms with E-state index in [0.29, 0.717) is 11.8 Å². The molecule has 0 amide bonds. The standard InChI is InChI=1S/C49H42N2/c1-31-27-35(30-44-47(31)39-19-10-13-21-42(39)49(44,4)5)50(34-23-25-37-36-17-9-12-20-41(36)48(2,3)43(37)29-34)33-24-26-46-40(28-33)38-18-11-14-22-45(38)51(46)32-15-7-6-8-16-32/h6-31,47H,1-5H3. The summed E-state index contributed by atoms with van der Waals surface area (Å²) in [5.41, 5.74) is 17.0. The summed E-state index contributed by atoms with van der Waals surface area (Å²) in [6.07, 6.45) is 5.05. The molecule has 0 radical (unpaired) electrons. The highest BCUT2D eigenvalue weighted by Crippen LogP contribution is 2.56. The van der Waals surface area contributed by atoms with Crippen molar-refractivity contribution in [1.82, 2.24) is 4.57 Å². The second kappa shape index (κ2) is 10.7. The number of benzene rings is 6. The van der Waals surface area contributed by atoms with Gasteiger partial charge >= 0.3 is 0 Å². The molecule has 0 saturated carbocycles. The number of allylic oxidation sites excluding steroid dienone is 3. The zero-order chi connectivity index (χ0) is 34.6. The molecule has 3 aliphatic rings. The van der Waals surface area contributed by atoms with Gasteiger partial charge in [-0.1, -0.05) is 137 Å². The predicted octanol–water partition coefficient (Wildman–Crippen LogP) is 12.8. The van der Waals surface area contributed by atoms with Crippen LogP contribution in [0, 0.1) is 5.92 Å². The highest BCUT2D eigenvalue weighted by molar-refractivity contribution is 6.10. The Kier molecular flexibility index (Phi) is 6.35. The van der Waals surface area contributed by atoms with E-state index in [9.17, 15) is 0 Å². The van der Waals surface area contributed by atoms with E-state index in [1.54, 1.807) is 0 Å². The third-order valence-electron chi connectivity index (χ3n) is 12.3. The van der Waals surface area contributed by atoms with Crippen LogP contribution in [0.4, 0.5) is 11.4 Å². The number of para-hydroxylation sites is 2. The largest absolute Gasteiger partial charge is 0.311 e. The molecule has 2 nitrogen and oxygen atoms in total. The monoisotopic (exact) mass is 658 g/mol. The van der Waals surface area contributed by atoms with Gasteiger partial charge in [0.05, 0.1) is 11.0 Å². The van der Waals surface area contributed by atoms with Gasteiger partial charge in [0.2, 0.25) is 0 Å². The molecule has 0 aliphatic heterocycles. The highest BCUT2D eigenvalue weighted by atomic mass is 15.1. The lowest BCUT2D eigenvalue weighted by Gasteiger charge is -2.35. The number of hydrogen-bond acceptors (Lipinski definition) is 1. The van der Waals surface area contributed by atoms with Gasteiger partial charge < -0.3 is 9.47 Å². The van der Waals surface area contributed by atoms with Gasteiger partial charge in [-0.15, -0.1) is 0 Å². The summed E-state index contributed by atoms with van der Waals surface area (Å²) in [5.74, 6) is 0.742. The van der Waals surface area contributed by atoms with E-state index >= 15 is 0 Å². The molecule has 0 fully saturated rings. The fraction of sp³-hybridized carbons (Fsp3) is 0.184. The Morgan fingerprint density at radius 1 is 0.549 bits per heavy atom. The first-order valence-corrected chi connectivity index (χ1v) is 18.4. The van der Waals surface area contributed by atoms with Crippen LogP contribution in [0.5, 0.6) is 0 Å². The lowest BCUT2D eigenvalue weighted by Crippen LogP contribution is -2.25. The SMILES string of the molecule is CC1C=C(N(c2ccc3c(c2)C(C)(C)c2ccccc2-3)c2ccc3c(c2)c2ccccc2n3-c2ccccc2)C=C2C1c1ccccc1C2(C)C. The van der Waals surface area contributed by atoms with Gasteiger partial charge in [-0.05, 0) is 93.9 Å². The normalized spacial score (nSPS) is 19.2. The van der Waals surface area contributed by atoms with Crippen molar-refractivity contribution in [3.63, 3.8) is 0 Å². The zero-order valence-corrected chi connectivity index (χ0v) is 30.0. The first-order valence-electron chi connectivity index (χ1n) is 18.4. The summed E-state index contributed by atoms with van der Waals surface area (Å²) in [6, 6.07) is 51.9. The summed E-state index contributed by atoms with van der Waals surface area (Å²) in [6.45, 7) is 12.0. The number of fused-ring (bicyclic) bond motifs is 9. The summed E-state index contributed by atoms with van der Waals surface area (Å²) >= 11 is 0. The molecule has 10 rings (SSSR count). The molecule has 6 aromatic carbocycles. The van der Waals surface area contributed by atoms with E-state index in [2.05, 4.69) is 196 Å². The van der Waals surface area contributed by atoms with Gasteiger partial charge in [0.15, 0.2) is 0 Å². The quantitative estimate of drug-likeness (QED) is 0.183. The minimum Gasteiger partial charge on any atom is -0.311 e. The van der Waals surface area contributed by atoms with E-state index in [1.165, 1.54) is 83.5 Å². The molecule has 0 spiro atoms. The molecule has 0 saturated heterocycles. The van der Waals surface area contributed by atoms with E-state index in [-0.39, 0.29) is 10.8 Å². The molecule has 0 bridgehead atoms. The second-order valence-electron chi connectivity index (χ2n) is 15.9. The summed E-state index contributed by atoms with van der Waals surface area (Å²) in [4.78, 5) is 2.53. The number of hydrogen-bond donors (Lipinski definition) is 0. The molecular formula is C49H42N2. The van der Waals surface area contributed by atoms with Gasteiger partial charge in [0.25, 0.3) is 0 Å². The third kappa shape index (κ3) is 4.23. The number of aromatic nitrogens is 1. The Hall–Kier alpha value is -5.60. The average molecular weight is 659 g/mol. The van der Waals surface area contributed by atoms with Crippen molar-refractivity contribution >= 4 is 33.2 Å². The van der Waals surface area contributed by atoms with Crippen molar-refractivity contribution in [1.29, 1.82) is 0 Å². The van der Waals surface area contributed by atoms with Crippen molar-refractivity contribution < 1.29 is 0 Å². The fourth-order valence-corrected chi connectivity index (χ4v) is 9.83. The maximum Gasteiger partial charge on any atom is 0.0542 e. The van der Waals surface area contributed by atoms with Crippen LogP contribution in [0.1, 0.15) is 62.8 Å². The zero-order valence-electron chi connectivity index (χ0n) is 30.0. The lowest BCUT2D eigenvalue weighted by molar-refractivity contribution is 0.546. The van der Waals surface area contributed by atoms with Crippen LogP contribution in [-0.2, 0) is 10.8 Å². The van der Waals surface area contributed by atoms with E-state index in [0.717, 1.165) is 0 Å². The van der Waals surface area contributed by atoms with Crippen molar-refractivity contribution in [2.75, 3.05) is 4.90 Å². The summed E-state index contributed by atoms with van der Waals surface area (Å²) < 4.78 is 2.40. The topological polar surface area (TPSA) is 8.17 Å². The molecule has 1 aromatic heterocycles. The van der Waals surface area contributed by atoms with Crippen LogP contribution in [-0.4, -0.2) is 4.57 Å². The van der Waals surface area contributed by atoms with Gasteiger partial charge in [0.1, 0.15) is 0 Å². The van der Waals surface area contributed by atoms with E-state index in [4.69, 9.17) is 0 Å². The van der Waals surface area contributed by atoms with Crippen molar-refractivity contribution in [2.24, 2.45) is 5.92 Å². The number of nitrogens with zero attached hydrogens (tertiary/aromatic N) is 2. The maximum absolute atomic E-state index is 2.53. The Bertz CT molecular complexity index is 2610. The van der Waals surface area contributed by atoms with E-state index < -0.39 is 0 Å². The van der Waals surface area contributed by atoms with Crippen molar-refractivity contribution in [2.45, 2.75) is 51.4 Å². The van der Waals surface area contributed by atoms with Crippen LogP contribution >= 0.6 is 0 Å². The Morgan fingerprint density at radius 3 is 2.04 bits per heavy atom. The molecule has 2 heteroatoms. The van der Waals surface area contributed by atoms with Crippen molar-refractivity contribution in [3.8, 4) is 16.8 Å². The van der Waals surface area contributed by atoms with Crippen LogP contribution in [0.2, 0.25) is 0 Å². The first-order chi connectivity index (χ1) is 24.7. The average Bonchev–Trinajstić information content (AvgIpc) is 3.69. The summed E-state index contributed by atoms with van der Waals surface area (Å²) in [5, 5.41) is 2.52. The number of rotatable bonds is 4. The molecule has 3 aliphatic carbocycles. The molecule has 7 aromatic rings. The smallest absolute Gasteiger partial charge is 0.0542 e. The number of anilines is 2. The minimum atomic E-state index is -0.0897. The van der Waals surface area contributed by atoms with Crippen molar-refractivity contribution in [3.05, 3.63) is 185 Å². The molecule has 2 atom stereocenters. The first kappa shape index (κ1) is 30.2.